The number of nitrogens with zero attached hydrogens (tertiary/aromatic N) is 3. The van der Waals surface area contributed by atoms with Crippen molar-refractivity contribution < 1.29 is 24.3 Å². The molecule has 0 atom stereocenters. The average molecular weight is 393 g/mol. The molecule has 1 aromatic heterocycles. The zero-order valence-corrected chi connectivity index (χ0v) is 15.6. The zero-order chi connectivity index (χ0) is 20.5. The molecule has 29 heavy (non-hydrogen) atoms. The summed E-state index contributed by atoms with van der Waals surface area (Å²) in [6, 6.07) is 8.00. The van der Waals surface area contributed by atoms with E-state index in [0.29, 0.717) is 31.5 Å². The van der Waals surface area contributed by atoms with Crippen LogP contribution >= 0.6 is 0 Å². The highest BCUT2D eigenvalue weighted by atomic mass is 16.4. The highest BCUT2D eigenvalue weighted by Gasteiger charge is 2.36. The van der Waals surface area contributed by atoms with Crippen molar-refractivity contribution in [2.75, 3.05) is 13.1 Å². The van der Waals surface area contributed by atoms with Gasteiger partial charge in [-0.1, -0.05) is 0 Å². The molecule has 0 bridgehead atoms. The molecule has 8 nitrogen and oxygen atoms in total. The maximum absolute atomic E-state index is 12.8. The number of pyridine rings is 1. The Morgan fingerprint density at radius 3 is 2.31 bits per heavy atom. The molecule has 0 spiro atoms. The lowest BCUT2D eigenvalue weighted by atomic mass is 9.96. The summed E-state index contributed by atoms with van der Waals surface area (Å²) in [6.07, 6.45) is 4.00. The maximum atomic E-state index is 12.8. The van der Waals surface area contributed by atoms with Crippen molar-refractivity contribution in [3.05, 3.63) is 65.0 Å². The van der Waals surface area contributed by atoms with Gasteiger partial charge < -0.3 is 10.0 Å². The number of aliphatic carboxylic acids is 1. The normalized spacial score (nSPS) is 16.8. The Morgan fingerprint density at radius 2 is 1.66 bits per heavy atom. The maximum Gasteiger partial charge on any atom is 0.306 e. The van der Waals surface area contributed by atoms with E-state index in [-0.39, 0.29) is 29.5 Å². The number of carbonyl (C=O) groups excluding carboxylic acids is 3. The number of fused-ring (bicyclic) bond motifs is 1. The van der Waals surface area contributed by atoms with Crippen molar-refractivity contribution in [2.24, 2.45) is 5.92 Å². The second kappa shape index (κ2) is 7.46. The Labute approximate surface area is 166 Å². The summed E-state index contributed by atoms with van der Waals surface area (Å²) in [4.78, 5) is 56.0. The zero-order valence-electron chi connectivity index (χ0n) is 15.6. The van der Waals surface area contributed by atoms with Crippen LogP contribution < -0.4 is 0 Å². The van der Waals surface area contributed by atoms with Crippen LogP contribution in [0.4, 0.5) is 0 Å². The topological polar surface area (TPSA) is 108 Å². The lowest BCUT2D eigenvalue weighted by Crippen LogP contribution is -2.40. The number of carboxylic acid groups (broad SMARTS) is 1. The molecule has 0 unspecified atom stereocenters. The van der Waals surface area contributed by atoms with E-state index in [1.165, 1.54) is 12.1 Å². The van der Waals surface area contributed by atoms with Gasteiger partial charge in [-0.2, -0.15) is 0 Å². The van der Waals surface area contributed by atoms with Crippen LogP contribution in [0.15, 0.2) is 42.7 Å². The first-order valence-electron chi connectivity index (χ1n) is 9.37. The first-order chi connectivity index (χ1) is 14.0. The predicted molar refractivity (Wildman–Crippen MR) is 101 cm³/mol. The summed E-state index contributed by atoms with van der Waals surface area (Å²) in [5, 5.41) is 9.09. The number of imide groups is 1. The molecule has 3 heterocycles. The lowest BCUT2D eigenvalue weighted by molar-refractivity contribution is -0.143. The largest absolute Gasteiger partial charge is 0.481 e. The Bertz CT molecular complexity index is 997. The number of hydrogen-bond donors (Lipinski definition) is 1. The smallest absolute Gasteiger partial charge is 0.306 e. The number of aromatic nitrogens is 1. The molecule has 3 amide bonds. The Hall–Kier alpha value is -3.55. The number of amides is 3. The molecule has 0 saturated carbocycles. The molecule has 2 aliphatic heterocycles. The van der Waals surface area contributed by atoms with Crippen molar-refractivity contribution in [1.29, 1.82) is 0 Å². The van der Waals surface area contributed by atoms with E-state index in [2.05, 4.69) is 4.98 Å². The number of benzene rings is 1. The van der Waals surface area contributed by atoms with Crippen LogP contribution in [0.3, 0.4) is 0 Å². The summed E-state index contributed by atoms with van der Waals surface area (Å²) in [6.45, 7) is 0.850. The summed E-state index contributed by atoms with van der Waals surface area (Å²) in [5.41, 5.74) is 1.61. The van der Waals surface area contributed by atoms with Gasteiger partial charge in [-0.05, 0) is 48.7 Å². The van der Waals surface area contributed by atoms with Gasteiger partial charge in [0.25, 0.3) is 17.7 Å². The van der Waals surface area contributed by atoms with E-state index in [1.54, 1.807) is 35.5 Å². The van der Waals surface area contributed by atoms with Gasteiger partial charge >= 0.3 is 5.97 Å². The van der Waals surface area contributed by atoms with E-state index in [9.17, 15) is 19.2 Å². The summed E-state index contributed by atoms with van der Waals surface area (Å²) in [5.74, 6) is -2.35. The summed E-state index contributed by atoms with van der Waals surface area (Å²) < 4.78 is 0. The average Bonchev–Trinajstić information content (AvgIpc) is 2.98. The summed E-state index contributed by atoms with van der Waals surface area (Å²) in [7, 11) is 0. The molecule has 0 aliphatic carbocycles. The van der Waals surface area contributed by atoms with Crippen LogP contribution in [0.2, 0.25) is 0 Å². The van der Waals surface area contributed by atoms with E-state index in [1.807, 2.05) is 0 Å². The third-order valence-corrected chi connectivity index (χ3v) is 5.44. The van der Waals surface area contributed by atoms with E-state index < -0.39 is 17.8 Å². The van der Waals surface area contributed by atoms with E-state index >= 15 is 0 Å². The fourth-order valence-corrected chi connectivity index (χ4v) is 3.75. The van der Waals surface area contributed by atoms with Gasteiger partial charge in [0.1, 0.15) is 0 Å². The third kappa shape index (κ3) is 3.49. The van der Waals surface area contributed by atoms with Crippen LogP contribution in [-0.2, 0) is 11.3 Å². The second-order valence-electron chi connectivity index (χ2n) is 7.22. The van der Waals surface area contributed by atoms with Crippen LogP contribution in [-0.4, -0.2) is 56.7 Å². The number of carbonyl (C=O) groups is 4. The highest BCUT2D eigenvalue weighted by molar-refractivity contribution is 6.22. The monoisotopic (exact) mass is 393 g/mol. The molecule has 2 aliphatic rings. The molecule has 8 heteroatoms. The number of rotatable bonds is 4. The van der Waals surface area contributed by atoms with Crippen LogP contribution in [0, 0.1) is 5.92 Å². The van der Waals surface area contributed by atoms with Gasteiger partial charge in [-0.15, -0.1) is 0 Å². The Kier molecular flexibility index (Phi) is 4.84. The molecule has 1 saturated heterocycles. The van der Waals surface area contributed by atoms with Crippen molar-refractivity contribution in [3.63, 3.8) is 0 Å². The minimum absolute atomic E-state index is 0.140. The van der Waals surface area contributed by atoms with Gasteiger partial charge in [-0.25, -0.2) is 0 Å². The number of hydrogen-bond acceptors (Lipinski definition) is 5. The van der Waals surface area contributed by atoms with Crippen LogP contribution in [0.25, 0.3) is 0 Å². The molecule has 4 rings (SSSR count). The third-order valence-electron chi connectivity index (χ3n) is 5.44. The van der Waals surface area contributed by atoms with Crippen molar-refractivity contribution in [3.8, 4) is 0 Å². The van der Waals surface area contributed by atoms with Gasteiger partial charge in [0.2, 0.25) is 0 Å². The van der Waals surface area contributed by atoms with Gasteiger partial charge in [0.05, 0.1) is 23.6 Å². The van der Waals surface area contributed by atoms with Crippen LogP contribution in [0.1, 0.15) is 49.5 Å². The molecule has 2 aromatic rings. The minimum atomic E-state index is -0.840. The van der Waals surface area contributed by atoms with Crippen molar-refractivity contribution in [1.82, 2.24) is 14.8 Å². The van der Waals surface area contributed by atoms with E-state index in [0.717, 1.165) is 10.5 Å². The number of likely N-dealkylation sites (tertiary alicyclic amines) is 1. The number of carboxylic acids is 1. The fourth-order valence-electron chi connectivity index (χ4n) is 3.75. The van der Waals surface area contributed by atoms with E-state index in [4.69, 9.17) is 5.11 Å². The van der Waals surface area contributed by atoms with Gasteiger partial charge in [-0.3, -0.25) is 29.1 Å². The highest BCUT2D eigenvalue weighted by Crippen LogP contribution is 2.27. The lowest BCUT2D eigenvalue weighted by Gasteiger charge is -2.30. The van der Waals surface area contributed by atoms with Gasteiger partial charge in [0, 0.05) is 31.0 Å². The standard InChI is InChI=1S/C21H19N3O5/c25-18(23-9-5-14(6-10-23)21(28)29)15-1-2-16-17(11-15)20(27)24(19(16)26)12-13-3-7-22-8-4-13/h1-4,7-8,11,14H,5-6,9-10,12H2,(H,28,29). The Balaban J connectivity index is 1.52. The Morgan fingerprint density at radius 1 is 1.00 bits per heavy atom. The summed E-state index contributed by atoms with van der Waals surface area (Å²) >= 11 is 0. The first kappa shape index (κ1) is 18.8. The van der Waals surface area contributed by atoms with Crippen LogP contribution in [0.5, 0.6) is 0 Å². The quantitative estimate of drug-likeness (QED) is 0.794. The SMILES string of the molecule is O=C(O)C1CCN(C(=O)c2ccc3c(c2)C(=O)N(Cc2ccncc2)C3=O)CC1. The number of piperidine rings is 1. The molecular formula is C21H19N3O5. The molecular weight excluding hydrogens is 374 g/mol. The van der Waals surface area contributed by atoms with Crippen molar-refractivity contribution in [2.45, 2.75) is 19.4 Å². The fraction of sp³-hybridized carbons (Fsp3) is 0.286. The first-order valence-corrected chi connectivity index (χ1v) is 9.37. The van der Waals surface area contributed by atoms with Gasteiger partial charge in [0.15, 0.2) is 0 Å². The molecule has 1 fully saturated rings. The molecule has 1 N–H and O–H groups in total. The molecule has 148 valence electrons. The molecule has 0 radical (unpaired) electrons. The predicted octanol–water partition coefficient (Wildman–Crippen LogP) is 1.81. The second-order valence-corrected chi connectivity index (χ2v) is 7.22. The van der Waals surface area contributed by atoms with Crippen molar-refractivity contribution >= 4 is 23.7 Å². The minimum Gasteiger partial charge on any atom is -0.481 e. The molecule has 1 aromatic carbocycles.